The van der Waals surface area contributed by atoms with Gasteiger partial charge in [-0.2, -0.15) is 4.39 Å². The minimum absolute atomic E-state index is 0.135. The summed E-state index contributed by atoms with van der Waals surface area (Å²) >= 11 is 0. The van der Waals surface area contributed by atoms with Gasteiger partial charge in [0.25, 0.3) is 0 Å². The maximum Gasteiger partial charge on any atom is 0.573 e. The minimum atomic E-state index is -5.08. The normalized spacial score (nSPS) is 11.3. The molecule has 0 radical (unpaired) electrons. The van der Waals surface area contributed by atoms with Crippen LogP contribution in [0.15, 0.2) is 42.5 Å². The van der Waals surface area contributed by atoms with Gasteiger partial charge in [-0.1, -0.05) is 24.3 Å². The fourth-order valence-electron chi connectivity index (χ4n) is 1.67. The van der Waals surface area contributed by atoms with Crippen LogP contribution in [0.5, 0.6) is 5.75 Å². The Bertz CT molecular complexity index is 631. The third-order valence-electron chi connectivity index (χ3n) is 2.64. The van der Waals surface area contributed by atoms with Crippen LogP contribution in [-0.4, -0.2) is 6.36 Å². The molecule has 22 heavy (non-hydrogen) atoms. The lowest BCUT2D eigenvalue weighted by molar-refractivity contribution is -0.275. The molecule has 8 heteroatoms. The van der Waals surface area contributed by atoms with Crippen molar-refractivity contribution in [3.8, 4) is 5.75 Å². The molecule has 3 nitrogen and oxygen atoms in total. The Morgan fingerprint density at radius 1 is 0.909 bits per heavy atom. The molecule has 0 saturated carbocycles. The molecule has 0 atom stereocenters. The number of alkyl halides is 3. The first-order chi connectivity index (χ1) is 10.4. The molecule has 0 heterocycles. The van der Waals surface area contributed by atoms with Crippen molar-refractivity contribution in [1.29, 1.82) is 0 Å². The summed E-state index contributed by atoms with van der Waals surface area (Å²) in [5.41, 5.74) is 5.93. The lowest BCUT2D eigenvalue weighted by atomic mass is 10.2. The molecule has 0 spiro atoms. The molecule has 0 aliphatic carbocycles. The zero-order chi connectivity index (χ0) is 16.2. The number of hydrazine groups is 1. The number of rotatable bonds is 5. The van der Waals surface area contributed by atoms with E-state index < -0.39 is 23.7 Å². The number of hydrogen-bond acceptors (Lipinski definition) is 3. The number of halogens is 5. The van der Waals surface area contributed by atoms with Gasteiger partial charge in [-0.3, -0.25) is 0 Å². The molecular formula is C14H11F5N2O. The lowest BCUT2D eigenvalue weighted by Gasteiger charge is -2.13. The second-order valence-electron chi connectivity index (χ2n) is 4.24. The first kappa shape index (κ1) is 16.0. The van der Waals surface area contributed by atoms with Crippen LogP contribution in [0.3, 0.4) is 0 Å². The van der Waals surface area contributed by atoms with E-state index in [2.05, 4.69) is 15.6 Å². The van der Waals surface area contributed by atoms with Gasteiger partial charge in [-0.05, 0) is 18.2 Å². The van der Waals surface area contributed by atoms with Crippen LogP contribution in [0.2, 0.25) is 0 Å². The van der Waals surface area contributed by atoms with E-state index in [0.29, 0.717) is 5.69 Å². The van der Waals surface area contributed by atoms with Crippen LogP contribution in [0.4, 0.5) is 27.6 Å². The lowest BCUT2D eigenvalue weighted by Crippen LogP contribution is -2.22. The van der Waals surface area contributed by atoms with Crippen LogP contribution in [0.25, 0.3) is 0 Å². The predicted molar refractivity (Wildman–Crippen MR) is 69.9 cm³/mol. The molecule has 0 aliphatic rings. The predicted octanol–water partition coefficient (Wildman–Crippen LogP) is 3.98. The van der Waals surface area contributed by atoms with Gasteiger partial charge in [0.05, 0.1) is 0 Å². The molecule has 0 fully saturated rings. The number of anilines is 1. The smallest absolute Gasteiger partial charge is 0.403 e. The van der Waals surface area contributed by atoms with E-state index in [1.165, 1.54) is 0 Å². The van der Waals surface area contributed by atoms with E-state index in [4.69, 9.17) is 0 Å². The van der Waals surface area contributed by atoms with Gasteiger partial charge in [0, 0.05) is 17.8 Å². The third-order valence-corrected chi connectivity index (χ3v) is 2.64. The summed E-state index contributed by atoms with van der Waals surface area (Å²) in [7, 11) is 0. The summed E-state index contributed by atoms with van der Waals surface area (Å²) in [5, 5.41) is 0. The van der Waals surface area contributed by atoms with Gasteiger partial charge in [-0.15, -0.1) is 13.2 Å². The molecule has 2 aromatic rings. The van der Waals surface area contributed by atoms with E-state index in [9.17, 15) is 22.0 Å². The average molecular weight is 318 g/mol. The largest absolute Gasteiger partial charge is 0.573 e. The summed E-state index contributed by atoms with van der Waals surface area (Å²) in [4.78, 5) is 0. The maximum absolute atomic E-state index is 13.7. The van der Waals surface area contributed by atoms with Crippen LogP contribution >= 0.6 is 0 Å². The standard InChI is InChI=1S/C14H11F5N2O/c15-12-9(8-20-21-10-4-2-1-3-5-10)6-7-11(13(12)16)22-14(17,18)19/h1-7,20-21H,8H2. The topological polar surface area (TPSA) is 33.3 Å². The third kappa shape index (κ3) is 4.32. The highest BCUT2D eigenvalue weighted by Crippen LogP contribution is 2.28. The molecule has 2 aromatic carbocycles. The molecule has 0 aliphatic heterocycles. The molecule has 0 bridgehead atoms. The first-order valence-corrected chi connectivity index (χ1v) is 6.13. The first-order valence-electron chi connectivity index (χ1n) is 6.13. The summed E-state index contributed by atoms with van der Waals surface area (Å²) in [6, 6.07) is 10.6. The Morgan fingerprint density at radius 2 is 1.59 bits per heavy atom. The number of para-hydroxylation sites is 1. The van der Waals surface area contributed by atoms with E-state index in [-0.39, 0.29) is 12.1 Å². The van der Waals surface area contributed by atoms with Gasteiger partial charge in [0.2, 0.25) is 5.82 Å². The highest BCUT2D eigenvalue weighted by atomic mass is 19.4. The van der Waals surface area contributed by atoms with E-state index >= 15 is 0 Å². The van der Waals surface area contributed by atoms with Crippen LogP contribution in [0, 0.1) is 11.6 Å². The van der Waals surface area contributed by atoms with E-state index in [1.54, 1.807) is 30.3 Å². The molecule has 0 aromatic heterocycles. The van der Waals surface area contributed by atoms with Crippen LogP contribution in [0.1, 0.15) is 5.56 Å². The summed E-state index contributed by atoms with van der Waals surface area (Å²) in [6.45, 7) is -0.135. The Kier molecular flexibility index (Phi) is 4.81. The van der Waals surface area contributed by atoms with Crippen molar-refractivity contribution in [2.45, 2.75) is 12.9 Å². The van der Waals surface area contributed by atoms with Crippen LogP contribution in [-0.2, 0) is 6.54 Å². The highest BCUT2D eigenvalue weighted by molar-refractivity contribution is 5.41. The SMILES string of the molecule is Fc1c(CNNc2ccccc2)ccc(OC(F)(F)F)c1F. The van der Waals surface area contributed by atoms with Crippen molar-refractivity contribution < 1.29 is 26.7 Å². The van der Waals surface area contributed by atoms with Crippen molar-refractivity contribution >= 4 is 5.69 Å². The Labute approximate surface area is 122 Å². The minimum Gasteiger partial charge on any atom is -0.403 e. The van der Waals surface area contributed by atoms with Gasteiger partial charge < -0.3 is 10.2 Å². The number of nitrogens with one attached hydrogen (secondary N) is 2. The zero-order valence-electron chi connectivity index (χ0n) is 11.0. The Hall–Kier alpha value is -2.35. The number of benzene rings is 2. The fourth-order valence-corrected chi connectivity index (χ4v) is 1.67. The number of ether oxygens (including phenoxy) is 1. The molecule has 2 N–H and O–H groups in total. The van der Waals surface area contributed by atoms with Crippen LogP contribution < -0.4 is 15.6 Å². The van der Waals surface area contributed by atoms with E-state index in [1.807, 2.05) is 0 Å². The van der Waals surface area contributed by atoms with Crippen molar-refractivity contribution in [3.05, 3.63) is 59.7 Å². The van der Waals surface area contributed by atoms with E-state index in [0.717, 1.165) is 12.1 Å². The van der Waals surface area contributed by atoms with Gasteiger partial charge >= 0.3 is 6.36 Å². The molecule has 0 amide bonds. The zero-order valence-corrected chi connectivity index (χ0v) is 11.0. The summed E-state index contributed by atoms with van der Waals surface area (Å²) in [6.07, 6.45) is -5.08. The van der Waals surface area contributed by atoms with Crippen molar-refractivity contribution in [2.24, 2.45) is 0 Å². The number of hydrogen-bond donors (Lipinski definition) is 2. The quantitative estimate of drug-likeness (QED) is 0.646. The monoisotopic (exact) mass is 318 g/mol. The highest BCUT2D eigenvalue weighted by Gasteiger charge is 2.33. The molecule has 0 saturated heterocycles. The Morgan fingerprint density at radius 3 is 2.23 bits per heavy atom. The molecule has 118 valence electrons. The van der Waals surface area contributed by atoms with Gasteiger partial charge in [-0.25, -0.2) is 9.82 Å². The van der Waals surface area contributed by atoms with Gasteiger partial charge in [0.1, 0.15) is 0 Å². The maximum atomic E-state index is 13.7. The summed E-state index contributed by atoms with van der Waals surface area (Å²) in [5.74, 6) is -4.29. The van der Waals surface area contributed by atoms with Crippen molar-refractivity contribution in [2.75, 3.05) is 5.43 Å². The second-order valence-corrected chi connectivity index (χ2v) is 4.24. The summed E-state index contributed by atoms with van der Waals surface area (Å²) < 4.78 is 66.6. The molecule has 2 rings (SSSR count). The average Bonchev–Trinajstić information content (AvgIpc) is 2.46. The second kappa shape index (κ2) is 6.61. The van der Waals surface area contributed by atoms with Gasteiger partial charge in [0.15, 0.2) is 11.6 Å². The molecule has 0 unspecified atom stereocenters. The Balaban J connectivity index is 2.02. The molecular weight excluding hydrogens is 307 g/mol. The van der Waals surface area contributed by atoms with Crippen molar-refractivity contribution in [3.63, 3.8) is 0 Å². The van der Waals surface area contributed by atoms with Crippen molar-refractivity contribution in [1.82, 2.24) is 5.43 Å². The fraction of sp³-hybridized carbons (Fsp3) is 0.143.